The number of hydrogen-bond acceptors (Lipinski definition) is 3. The zero-order chi connectivity index (χ0) is 20.9. The van der Waals surface area contributed by atoms with E-state index in [2.05, 4.69) is 26.2 Å². The lowest BCUT2D eigenvalue weighted by molar-refractivity contribution is 0.0952. The predicted octanol–water partition coefficient (Wildman–Crippen LogP) is 6.02. The lowest BCUT2D eigenvalue weighted by Crippen LogP contribution is -2.24. The van der Waals surface area contributed by atoms with Gasteiger partial charge in [0.2, 0.25) is 5.78 Å². The Morgan fingerprint density at radius 3 is 2.43 bits per heavy atom. The molecule has 0 spiro atoms. The van der Waals surface area contributed by atoms with Gasteiger partial charge in [-0.15, -0.1) is 0 Å². The highest BCUT2D eigenvalue weighted by atomic mass is 79.9. The molecule has 150 valence electrons. The van der Waals surface area contributed by atoms with Gasteiger partial charge in [-0.2, -0.15) is 0 Å². The number of aromatic nitrogens is 2. The first kappa shape index (κ1) is 20.1. The summed E-state index contributed by atoms with van der Waals surface area (Å²) in [6.07, 6.45) is 3.53. The monoisotopic (exact) mass is 459 g/mol. The number of benzene rings is 3. The van der Waals surface area contributed by atoms with Crippen LogP contribution in [0.5, 0.6) is 0 Å². The SMILES string of the molecule is Cc1ccccc1-n1ccnc1C(=O)[C@H](CNc1ccccc1)c1ccc(Br)cc1. The molecule has 0 saturated heterocycles. The molecule has 0 aliphatic carbocycles. The van der Waals surface area contributed by atoms with Crippen molar-refractivity contribution in [2.24, 2.45) is 0 Å². The van der Waals surface area contributed by atoms with Crippen LogP contribution in [-0.4, -0.2) is 21.9 Å². The fourth-order valence-electron chi connectivity index (χ4n) is 3.50. The summed E-state index contributed by atoms with van der Waals surface area (Å²) in [5.74, 6) is 0.0459. The summed E-state index contributed by atoms with van der Waals surface area (Å²) in [4.78, 5) is 18.1. The van der Waals surface area contributed by atoms with Crippen molar-refractivity contribution in [2.45, 2.75) is 12.8 Å². The first-order valence-electron chi connectivity index (χ1n) is 9.81. The van der Waals surface area contributed by atoms with Gasteiger partial charge in [0.05, 0.1) is 11.6 Å². The van der Waals surface area contributed by atoms with Crippen LogP contribution in [0.25, 0.3) is 5.69 Å². The molecular formula is C25H22BrN3O. The first-order chi connectivity index (χ1) is 14.6. The van der Waals surface area contributed by atoms with Crippen LogP contribution in [0.1, 0.15) is 27.7 Å². The molecule has 0 saturated carbocycles. The molecule has 4 nitrogen and oxygen atoms in total. The summed E-state index contributed by atoms with van der Waals surface area (Å²) in [6.45, 7) is 2.51. The van der Waals surface area contributed by atoms with Gasteiger partial charge >= 0.3 is 0 Å². The molecule has 4 aromatic rings. The van der Waals surface area contributed by atoms with Crippen molar-refractivity contribution in [3.05, 3.63) is 113 Å². The third-order valence-electron chi connectivity index (χ3n) is 5.11. The Hall–Kier alpha value is -3.18. The third kappa shape index (κ3) is 4.36. The van der Waals surface area contributed by atoms with Crippen molar-refractivity contribution in [1.29, 1.82) is 0 Å². The number of halogens is 1. The van der Waals surface area contributed by atoms with Gasteiger partial charge < -0.3 is 5.32 Å². The number of aryl methyl sites for hydroxylation is 1. The lowest BCUT2D eigenvalue weighted by Gasteiger charge is -2.19. The smallest absolute Gasteiger partial charge is 0.207 e. The Bertz CT molecular complexity index is 1140. The van der Waals surface area contributed by atoms with Crippen molar-refractivity contribution in [3.63, 3.8) is 0 Å². The van der Waals surface area contributed by atoms with E-state index in [1.807, 2.05) is 96.6 Å². The maximum absolute atomic E-state index is 13.7. The summed E-state index contributed by atoms with van der Waals surface area (Å²) in [7, 11) is 0. The molecular weight excluding hydrogens is 438 g/mol. The number of anilines is 1. The van der Waals surface area contributed by atoms with Crippen LogP contribution < -0.4 is 5.32 Å². The molecule has 1 heterocycles. The van der Waals surface area contributed by atoms with Gasteiger partial charge in [-0.05, 0) is 48.4 Å². The van der Waals surface area contributed by atoms with Crippen LogP contribution in [-0.2, 0) is 0 Å². The fraction of sp³-hybridized carbons (Fsp3) is 0.120. The zero-order valence-electron chi connectivity index (χ0n) is 16.6. The first-order valence-corrected chi connectivity index (χ1v) is 10.6. The van der Waals surface area contributed by atoms with Gasteiger partial charge in [-0.3, -0.25) is 9.36 Å². The van der Waals surface area contributed by atoms with Crippen LogP contribution >= 0.6 is 15.9 Å². The summed E-state index contributed by atoms with van der Waals surface area (Å²) >= 11 is 3.48. The number of nitrogens with zero attached hydrogens (tertiary/aromatic N) is 2. The van der Waals surface area contributed by atoms with Gasteiger partial charge in [0, 0.05) is 29.1 Å². The molecule has 1 atom stereocenters. The van der Waals surface area contributed by atoms with Gasteiger partial charge in [-0.1, -0.05) is 64.5 Å². The second kappa shape index (κ2) is 9.09. The number of imidazole rings is 1. The average molecular weight is 460 g/mol. The number of nitrogens with one attached hydrogen (secondary N) is 1. The standard InChI is InChI=1S/C25H22BrN3O/c1-18-7-5-6-10-23(18)29-16-15-27-25(29)24(30)22(19-11-13-20(26)14-12-19)17-28-21-8-3-2-4-9-21/h2-16,22,28H,17H2,1H3/t22-/m1/s1. The van der Waals surface area contributed by atoms with E-state index in [1.165, 1.54) is 0 Å². The second-order valence-corrected chi connectivity index (χ2v) is 8.04. The molecule has 1 N–H and O–H groups in total. The van der Waals surface area contributed by atoms with Crippen LogP contribution in [0.4, 0.5) is 5.69 Å². The highest BCUT2D eigenvalue weighted by Crippen LogP contribution is 2.25. The average Bonchev–Trinajstić information content (AvgIpc) is 3.25. The fourth-order valence-corrected chi connectivity index (χ4v) is 3.77. The number of ketones is 1. The van der Waals surface area contributed by atoms with Gasteiger partial charge in [-0.25, -0.2) is 4.98 Å². The second-order valence-electron chi connectivity index (χ2n) is 7.12. The predicted molar refractivity (Wildman–Crippen MR) is 124 cm³/mol. The van der Waals surface area contributed by atoms with E-state index in [0.29, 0.717) is 12.4 Å². The molecule has 0 radical (unpaired) electrons. The minimum absolute atomic E-state index is 0.0194. The Balaban J connectivity index is 1.69. The highest BCUT2D eigenvalue weighted by Gasteiger charge is 2.26. The maximum atomic E-state index is 13.7. The summed E-state index contributed by atoms with van der Waals surface area (Å²) in [5.41, 5.74) is 3.98. The molecule has 30 heavy (non-hydrogen) atoms. The van der Waals surface area contributed by atoms with Gasteiger partial charge in [0.25, 0.3) is 0 Å². The molecule has 0 aliphatic rings. The molecule has 0 aliphatic heterocycles. The summed E-state index contributed by atoms with van der Waals surface area (Å²) in [5, 5.41) is 3.40. The van der Waals surface area contributed by atoms with Crippen LogP contribution in [0.3, 0.4) is 0 Å². The lowest BCUT2D eigenvalue weighted by atomic mass is 9.93. The van der Waals surface area contributed by atoms with Crippen molar-refractivity contribution >= 4 is 27.4 Å². The normalized spacial score (nSPS) is 11.8. The van der Waals surface area contributed by atoms with Crippen molar-refractivity contribution in [3.8, 4) is 5.69 Å². The molecule has 4 rings (SSSR count). The van der Waals surface area contributed by atoms with E-state index in [9.17, 15) is 4.79 Å². The quantitative estimate of drug-likeness (QED) is 0.343. The maximum Gasteiger partial charge on any atom is 0.207 e. The minimum atomic E-state index is -0.372. The number of carbonyl (C=O) groups excluding carboxylic acids is 1. The van der Waals surface area contributed by atoms with E-state index in [4.69, 9.17) is 0 Å². The van der Waals surface area contributed by atoms with Crippen molar-refractivity contribution in [1.82, 2.24) is 9.55 Å². The number of hydrogen-bond donors (Lipinski definition) is 1. The summed E-state index contributed by atoms with van der Waals surface area (Å²) in [6, 6.07) is 25.8. The van der Waals surface area contributed by atoms with Crippen LogP contribution in [0.15, 0.2) is 95.7 Å². The minimum Gasteiger partial charge on any atom is -0.384 e. The Kier molecular flexibility index (Phi) is 6.10. The van der Waals surface area contributed by atoms with Crippen LogP contribution in [0, 0.1) is 6.92 Å². The van der Waals surface area contributed by atoms with Gasteiger partial charge in [0.15, 0.2) is 5.82 Å². The zero-order valence-corrected chi connectivity index (χ0v) is 18.2. The van der Waals surface area contributed by atoms with E-state index in [0.717, 1.165) is 27.0 Å². The molecule has 0 amide bonds. The Labute approximate surface area is 184 Å². The Morgan fingerprint density at radius 1 is 1.00 bits per heavy atom. The number of para-hydroxylation sites is 2. The van der Waals surface area contributed by atoms with Gasteiger partial charge in [0.1, 0.15) is 0 Å². The van der Waals surface area contributed by atoms with E-state index in [1.54, 1.807) is 6.20 Å². The van der Waals surface area contributed by atoms with E-state index < -0.39 is 0 Å². The van der Waals surface area contributed by atoms with E-state index >= 15 is 0 Å². The van der Waals surface area contributed by atoms with Crippen molar-refractivity contribution < 1.29 is 4.79 Å². The molecule has 0 unspecified atom stereocenters. The molecule has 0 bridgehead atoms. The molecule has 0 fully saturated rings. The Morgan fingerprint density at radius 2 is 1.70 bits per heavy atom. The number of carbonyl (C=O) groups is 1. The molecule has 1 aromatic heterocycles. The molecule has 3 aromatic carbocycles. The number of Topliss-reactive ketones (excluding diaryl/α,β-unsaturated/α-hetero) is 1. The largest absolute Gasteiger partial charge is 0.384 e. The highest BCUT2D eigenvalue weighted by molar-refractivity contribution is 9.10. The third-order valence-corrected chi connectivity index (χ3v) is 5.64. The van der Waals surface area contributed by atoms with Crippen LogP contribution in [0.2, 0.25) is 0 Å². The van der Waals surface area contributed by atoms with E-state index in [-0.39, 0.29) is 11.7 Å². The summed E-state index contributed by atoms with van der Waals surface area (Å²) < 4.78 is 2.86. The topological polar surface area (TPSA) is 46.9 Å². The molecule has 5 heteroatoms. The number of rotatable bonds is 7. The van der Waals surface area contributed by atoms with Crippen molar-refractivity contribution in [2.75, 3.05) is 11.9 Å².